The number of halogens is 2. The first-order valence-corrected chi connectivity index (χ1v) is 8.50. The summed E-state index contributed by atoms with van der Waals surface area (Å²) in [5.41, 5.74) is 6.05. The average Bonchev–Trinajstić information content (AvgIpc) is 3.14. The molecule has 9 heteroatoms. The quantitative estimate of drug-likeness (QED) is 0.753. The maximum atomic E-state index is 12.7. The Hall–Kier alpha value is -1.67. The predicted molar refractivity (Wildman–Crippen MR) is 108 cm³/mol. The molecule has 3 rings (SSSR count). The highest BCUT2D eigenvalue weighted by atomic mass is 35.5. The summed E-state index contributed by atoms with van der Waals surface area (Å²) in [4.78, 5) is 21.0. The third-order valence-corrected chi connectivity index (χ3v) is 5.27. The first-order valence-electron chi connectivity index (χ1n) is 8.50. The van der Waals surface area contributed by atoms with Gasteiger partial charge in [0.1, 0.15) is 17.7 Å². The minimum absolute atomic E-state index is 0. The van der Waals surface area contributed by atoms with Gasteiger partial charge in [0.15, 0.2) is 0 Å². The second-order valence-electron chi connectivity index (χ2n) is 7.02. The molecule has 1 saturated carbocycles. The van der Waals surface area contributed by atoms with Crippen molar-refractivity contribution < 1.29 is 9.53 Å². The molecule has 7 nitrogen and oxygen atoms in total. The van der Waals surface area contributed by atoms with E-state index in [-0.39, 0.29) is 36.8 Å². The Labute approximate surface area is 171 Å². The van der Waals surface area contributed by atoms with Crippen LogP contribution in [0.25, 0.3) is 5.82 Å². The summed E-state index contributed by atoms with van der Waals surface area (Å²) in [6, 6.07) is 3.79. The van der Waals surface area contributed by atoms with E-state index >= 15 is 0 Å². The van der Waals surface area contributed by atoms with Gasteiger partial charge in [-0.2, -0.15) is 0 Å². The number of nitrogens with two attached hydrogens (primary N) is 1. The molecule has 0 radical (unpaired) electrons. The highest BCUT2D eigenvalue weighted by Crippen LogP contribution is 2.49. The van der Waals surface area contributed by atoms with Crippen LogP contribution in [0.3, 0.4) is 0 Å². The summed E-state index contributed by atoms with van der Waals surface area (Å²) in [5.74, 6) is 0.613. The molecule has 3 N–H and O–H groups in total. The van der Waals surface area contributed by atoms with Gasteiger partial charge in [0, 0.05) is 43.6 Å². The van der Waals surface area contributed by atoms with Crippen molar-refractivity contribution in [3.05, 3.63) is 42.6 Å². The Morgan fingerprint density at radius 3 is 2.74 bits per heavy atom. The van der Waals surface area contributed by atoms with Crippen LogP contribution in [0.2, 0.25) is 0 Å². The fourth-order valence-electron chi connectivity index (χ4n) is 3.27. The van der Waals surface area contributed by atoms with Crippen molar-refractivity contribution in [1.29, 1.82) is 0 Å². The Bertz CT molecular complexity index is 754. The van der Waals surface area contributed by atoms with Crippen molar-refractivity contribution in [3.63, 3.8) is 0 Å². The van der Waals surface area contributed by atoms with Crippen molar-refractivity contribution in [2.45, 2.75) is 45.4 Å². The molecule has 1 fully saturated rings. The Kier molecular flexibility index (Phi) is 7.80. The van der Waals surface area contributed by atoms with E-state index in [0.717, 1.165) is 11.4 Å². The molecule has 2 atom stereocenters. The lowest BCUT2D eigenvalue weighted by molar-refractivity contribution is -0.170. The molecule has 27 heavy (non-hydrogen) atoms. The molecule has 0 aliphatic heterocycles. The maximum absolute atomic E-state index is 12.7. The Morgan fingerprint density at radius 1 is 1.41 bits per heavy atom. The predicted octanol–water partition coefficient (Wildman–Crippen LogP) is 2.26. The van der Waals surface area contributed by atoms with E-state index in [1.54, 1.807) is 18.7 Å². The molecular formula is C18H27Cl2N5O2. The van der Waals surface area contributed by atoms with Gasteiger partial charge in [0.2, 0.25) is 5.91 Å². The van der Waals surface area contributed by atoms with Crippen molar-refractivity contribution in [2.75, 3.05) is 6.61 Å². The number of imidazole rings is 1. The van der Waals surface area contributed by atoms with E-state index in [1.807, 2.05) is 43.7 Å². The van der Waals surface area contributed by atoms with E-state index in [9.17, 15) is 4.79 Å². The largest absolute Gasteiger partial charge is 0.378 e. The number of ether oxygens (including phenoxy) is 1. The fourth-order valence-corrected chi connectivity index (χ4v) is 3.27. The maximum Gasteiger partial charge on any atom is 0.241 e. The van der Waals surface area contributed by atoms with Crippen LogP contribution in [0.5, 0.6) is 0 Å². The van der Waals surface area contributed by atoms with Crippen LogP contribution in [0, 0.1) is 5.41 Å². The number of amides is 1. The van der Waals surface area contributed by atoms with Crippen molar-refractivity contribution >= 4 is 30.7 Å². The van der Waals surface area contributed by atoms with Crippen molar-refractivity contribution in [2.24, 2.45) is 11.1 Å². The van der Waals surface area contributed by atoms with Gasteiger partial charge in [-0.05, 0) is 24.6 Å². The standard InChI is InChI=1S/C18H25N5O2.2ClH/c1-4-25-14-10-18(19,17(14,2)3)16(24)22-11-13-5-6-21-15(9-13)23-8-7-20-12-23;;/h5-9,12,14H,4,10-11,19H2,1-3H3,(H,22,24);2*1H. The average molecular weight is 416 g/mol. The normalized spacial score (nSPS) is 22.7. The molecule has 1 aliphatic rings. The molecule has 0 spiro atoms. The van der Waals surface area contributed by atoms with Gasteiger partial charge in [0.05, 0.1) is 6.10 Å². The molecule has 0 saturated heterocycles. The Morgan fingerprint density at radius 2 is 2.15 bits per heavy atom. The van der Waals surface area contributed by atoms with E-state index in [4.69, 9.17) is 10.5 Å². The number of carbonyl (C=O) groups excluding carboxylic acids is 1. The fraction of sp³-hybridized carbons (Fsp3) is 0.500. The molecule has 2 aromatic heterocycles. The van der Waals surface area contributed by atoms with E-state index in [2.05, 4.69) is 15.3 Å². The van der Waals surface area contributed by atoms with Crippen LogP contribution < -0.4 is 11.1 Å². The summed E-state index contributed by atoms with van der Waals surface area (Å²) in [5, 5.41) is 2.96. The van der Waals surface area contributed by atoms with E-state index in [1.165, 1.54) is 0 Å². The number of hydrogen-bond donors (Lipinski definition) is 2. The first kappa shape index (κ1) is 23.4. The lowest BCUT2D eigenvalue weighted by Gasteiger charge is -2.57. The SMILES string of the molecule is CCOC1CC(N)(C(=O)NCc2ccnc(-n3ccnc3)c2)C1(C)C.Cl.Cl. The van der Waals surface area contributed by atoms with Gasteiger partial charge < -0.3 is 15.8 Å². The zero-order valence-electron chi connectivity index (χ0n) is 15.7. The highest BCUT2D eigenvalue weighted by Gasteiger charge is 2.62. The first-order chi connectivity index (χ1) is 11.9. The molecule has 2 aromatic rings. The summed E-state index contributed by atoms with van der Waals surface area (Å²) >= 11 is 0. The summed E-state index contributed by atoms with van der Waals surface area (Å²) in [6.07, 6.45) is 7.47. The second-order valence-corrected chi connectivity index (χ2v) is 7.02. The third kappa shape index (κ3) is 4.27. The lowest BCUT2D eigenvalue weighted by atomic mass is 9.54. The molecule has 2 heterocycles. The number of carbonyl (C=O) groups is 1. The molecule has 0 bridgehead atoms. The zero-order chi connectivity index (χ0) is 18.1. The monoisotopic (exact) mass is 415 g/mol. The zero-order valence-corrected chi connectivity index (χ0v) is 17.3. The van der Waals surface area contributed by atoms with Gasteiger partial charge >= 0.3 is 0 Å². The molecule has 1 aliphatic carbocycles. The second kappa shape index (κ2) is 9.01. The number of aromatic nitrogens is 3. The number of nitrogens with one attached hydrogen (secondary N) is 1. The third-order valence-electron chi connectivity index (χ3n) is 5.27. The van der Waals surface area contributed by atoms with E-state index < -0.39 is 11.0 Å². The topological polar surface area (TPSA) is 95.1 Å². The smallest absolute Gasteiger partial charge is 0.241 e. The van der Waals surface area contributed by atoms with Gasteiger partial charge in [-0.3, -0.25) is 9.36 Å². The lowest BCUT2D eigenvalue weighted by Crippen LogP contribution is -2.75. The molecule has 1 amide bonds. The van der Waals surface area contributed by atoms with Crippen LogP contribution in [0.1, 0.15) is 32.8 Å². The van der Waals surface area contributed by atoms with Crippen LogP contribution in [-0.4, -0.2) is 38.7 Å². The van der Waals surface area contributed by atoms with Crippen LogP contribution >= 0.6 is 24.8 Å². The van der Waals surface area contributed by atoms with E-state index in [0.29, 0.717) is 19.6 Å². The highest BCUT2D eigenvalue weighted by molar-refractivity contribution is 5.88. The summed E-state index contributed by atoms with van der Waals surface area (Å²) < 4.78 is 7.50. The van der Waals surface area contributed by atoms with Gasteiger partial charge in [-0.25, -0.2) is 9.97 Å². The van der Waals surface area contributed by atoms with Gasteiger partial charge in [-0.15, -0.1) is 24.8 Å². The molecule has 150 valence electrons. The Balaban J connectivity index is 0.00000182. The number of hydrogen-bond acceptors (Lipinski definition) is 5. The minimum atomic E-state index is -0.910. The molecule has 0 aromatic carbocycles. The van der Waals surface area contributed by atoms with Crippen molar-refractivity contribution in [3.8, 4) is 5.82 Å². The van der Waals surface area contributed by atoms with Crippen LogP contribution in [0.15, 0.2) is 37.1 Å². The van der Waals surface area contributed by atoms with Crippen LogP contribution in [0.4, 0.5) is 0 Å². The summed E-state index contributed by atoms with van der Waals surface area (Å²) in [6.45, 7) is 6.95. The molecular weight excluding hydrogens is 389 g/mol. The number of pyridine rings is 1. The van der Waals surface area contributed by atoms with Crippen molar-refractivity contribution in [1.82, 2.24) is 19.9 Å². The van der Waals surface area contributed by atoms with Gasteiger partial charge in [0.25, 0.3) is 0 Å². The number of nitrogens with zero attached hydrogens (tertiary/aromatic N) is 3. The molecule has 2 unspecified atom stereocenters. The minimum Gasteiger partial charge on any atom is -0.378 e. The van der Waals surface area contributed by atoms with Gasteiger partial charge in [-0.1, -0.05) is 13.8 Å². The van der Waals surface area contributed by atoms with Crippen LogP contribution in [-0.2, 0) is 16.1 Å². The number of rotatable bonds is 6. The summed E-state index contributed by atoms with van der Waals surface area (Å²) in [7, 11) is 0.